The topological polar surface area (TPSA) is 90.7 Å². The van der Waals surface area contributed by atoms with Crippen LogP contribution >= 0.6 is 0 Å². The van der Waals surface area contributed by atoms with Crippen LogP contribution in [-0.2, 0) is 9.53 Å². The quantitative estimate of drug-likeness (QED) is 0.682. The van der Waals surface area contributed by atoms with Gasteiger partial charge in [0.15, 0.2) is 12.4 Å². The summed E-state index contributed by atoms with van der Waals surface area (Å²) in [4.78, 5) is 23.7. The molecule has 3 rings (SSSR count). The largest absolute Gasteiger partial charge is 0.457 e. The monoisotopic (exact) mass is 352 g/mol. The molecular weight excluding hydrogens is 336 g/mol. The van der Waals surface area contributed by atoms with E-state index >= 15 is 0 Å². The minimum absolute atomic E-state index is 0.269. The lowest BCUT2D eigenvalue weighted by Crippen LogP contribution is -2.21. The smallest absolute Gasteiger partial charge is 0.338 e. The normalized spacial score (nSPS) is 10.2. The third kappa shape index (κ3) is 4.70. The maximum atomic E-state index is 12.0. The first-order valence-corrected chi connectivity index (χ1v) is 7.83. The van der Waals surface area contributed by atoms with Gasteiger partial charge in [-0.05, 0) is 43.3 Å². The molecule has 0 bridgehead atoms. The van der Waals surface area contributed by atoms with Crippen molar-refractivity contribution < 1.29 is 23.6 Å². The molecule has 7 heteroatoms. The third-order valence-electron chi connectivity index (χ3n) is 3.30. The highest BCUT2D eigenvalue weighted by atomic mass is 16.5. The number of ether oxygens (including phenoxy) is 2. The van der Waals surface area contributed by atoms with Crippen LogP contribution in [0.2, 0.25) is 0 Å². The Bertz CT molecular complexity index is 888. The van der Waals surface area contributed by atoms with Crippen molar-refractivity contribution in [2.45, 2.75) is 6.92 Å². The van der Waals surface area contributed by atoms with Crippen LogP contribution in [0.5, 0.6) is 11.5 Å². The number of anilines is 1. The molecule has 0 fully saturated rings. The second-order valence-corrected chi connectivity index (χ2v) is 5.39. The molecule has 2 aromatic carbocycles. The first-order valence-electron chi connectivity index (χ1n) is 7.83. The fourth-order valence-corrected chi connectivity index (χ4v) is 2.10. The molecule has 7 nitrogen and oxygen atoms in total. The van der Waals surface area contributed by atoms with Gasteiger partial charge in [0.2, 0.25) is 0 Å². The number of hydrogen-bond acceptors (Lipinski definition) is 6. The van der Waals surface area contributed by atoms with Gasteiger partial charge in [-0.25, -0.2) is 4.79 Å². The van der Waals surface area contributed by atoms with E-state index in [0.29, 0.717) is 22.8 Å². The Morgan fingerprint density at radius 2 is 1.73 bits per heavy atom. The molecular formula is C19H16N2O5. The maximum Gasteiger partial charge on any atom is 0.338 e. The van der Waals surface area contributed by atoms with Crippen LogP contribution in [0.15, 0.2) is 65.2 Å². The minimum Gasteiger partial charge on any atom is -0.457 e. The average molecular weight is 352 g/mol. The minimum atomic E-state index is -0.609. The van der Waals surface area contributed by atoms with E-state index in [9.17, 15) is 9.59 Å². The number of esters is 1. The summed E-state index contributed by atoms with van der Waals surface area (Å²) in [6.07, 6.45) is 0. The number of rotatable bonds is 6. The molecule has 132 valence electrons. The molecule has 0 radical (unpaired) electrons. The summed E-state index contributed by atoms with van der Waals surface area (Å²) >= 11 is 0. The molecule has 1 N–H and O–H groups in total. The van der Waals surface area contributed by atoms with Crippen molar-refractivity contribution in [3.8, 4) is 11.5 Å². The number of amides is 1. The lowest BCUT2D eigenvalue weighted by molar-refractivity contribution is -0.119. The van der Waals surface area contributed by atoms with Gasteiger partial charge in [0.1, 0.15) is 17.3 Å². The summed E-state index contributed by atoms with van der Waals surface area (Å²) in [6.45, 7) is 1.28. The molecule has 0 spiro atoms. The van der Waals surface area contributed by atoms with Gasteiger partial charge in [-0.2, -0.15) is 0 Å². The van der Waals surface area contributed by atoms with Gasteiger partial charge in [0.05, 0.1) is 5.56 Å². The van der Waals surface area contributed by atoms with E-state index < -0.39 is 18.5 Å². The first-order chi connectivity index (χ1) is 12.6. The fourth-order valence-electron chi connectivity index (χ4n) is 2.10. The number of aryl methyl sites for hydroxylation is 1. The summed E-state index contributed by atoms with van der Waals surface area (Å²) in [5.74, 6) is 1.01. The SMILES string of the molecule is Cc1cc(NC(=O)COC(=O)c2ccc(Oc3ccccc3)cc2)no1. The van der Waals surface area contributed by atoms with Crippen LogP contribution in [0.1, 0.15) is 16.1 Å². The van der Waals surface area contributed by atoms with Crippen molar-refractivity contribution in [1.82, 2.24) is 5.16 Å². The summed E-state index contributed by atoms with van der Waals surface area (Å²) in [7, 11) is 0. The molecule has 0 unspecified atom stereocenters. The fraction of sp³-hybridized carbons (Fsp3) is 0.105. The Morgan fingerprint density at radius 3 is 2.38 bits per heavy atom. The van der Waals surface area contributed by atoms with Crippen molar-refractivity contribution >= 4 is 17.7 Å². The van der Waals surface area contributed by atoms with E-state index in [1.54, 1.807) is 37.3 Å². The van der Waals surface area contributed by atoms with E-state index in [4.69, 9.17) is 14.0 Å². The number of carbonyl (C=O) groups is 2. The molecule has 1 amide bonds. The molecule has 0 aliphatic rings. The molecule has 1 heterocycles. The van der Waals surface area contributed by atoms with E-state index in [1.807, 2.05) is 30.3 Å². The lowest BCUT2D eigenvalue weighted by Gasteiger charge is -2.07. The average Bonchev–Trinajstić information content (AvgIpc) is 3.06. The Hall–Kier alpha value is -3.61. The van der Waals surface area contributed by atoms with Crippen molar-refractivity contribution in [3.63, 3.8) is 0 Å². The number of nitrogens with one attached hydrogen (secondary N) is 1. The molecule has 0 saturated carbocycles. The van der Waals surface area contributed by atoms with Crippen LogP contribution in [-0.4, -0.2) is 23.6 Å². The van der Waals surface area contributed by atoms with Crippen LogP contribution in [0.25, 0.3) is 0 Å². The number of hydrogen-bond donors (Lipinski definition) is 1. The summed E-state index contributed by atoms with van der Waals surface area (Å²) in [6, 6.07) is 17.3. The number of para-hydroxylation sites is 1. The van der Waals surface area contributed by atoms with Gasteiger partial charge < -0.3 is 19.3 Å². The van der Waals surface area contributed by atoms with Crippen molar-refractivity contribution in [2.24, 2.45) is 0 Å². The zero-order valence-electron chi connectivity index (χ0n) is 14.0. The predicted octanol–water partition coefficient (Wildman–Crippen LogP) is 3.57. The molecule has 3 aromatic rings. The van der Waals surface area contributed by atoms with Gasteiger partial charge in [-0.3, -0.25) is 4.79 Å². The highest BCUT2D eigenvalue weighted by Gasteiger charge is 2.12. The van der Waals surface area contributed by atoms with Crippen LogP contribution in [0, 0.1) is 6.92 Å². The van der Waals surface area contributed by atoms with Crippen molar-refractivity contribution in [2.75, 3.05) is 11.9 Å². The summed E-state index contributed by atoms with van der Waals surface area (Å²) < 4.78 is 15.5. The Kier molecular flexibility index (Phi) is 5.28. The van der Waals surface area contributed by atoms with Gasteiger partial charge in [0, 0.05) is 6.07 Å². The van der Waals surface area contributed by atoms with Crippen LogP contribution in [0.4, 0.5) is 5.82 Å². The molecule has 0 atom stereocenters. The van der Waals surface area contributed by atoms with Gasteiger partial charge >= 0.3 is 5.97 Å². The molecule has 0 saturated heterocycles. The van der Waals surface area contributed by atoms with Crippen molar-refractivity contribution in [1.29, 1.82) is 0 Å². The molecule has 26 heavy (non-hydrogen) atoms. The highest BCUT2D eigenvalue weighted by Crippen LogP contribution is 2.21. The third-order valence-corrected chi connectivity index (χ3v) is 3.30. The number of aromatic nitrogens is 1. The zero-order chi connectivity index (χ0) is 18.4. The predicted molar refractivity (Wildman–Crippen MR) is 93.1 cm³/mol. The Morgan fingerprint density at radius 1 is 1.04 bits per heavy atom. The molecule has 0 aliphatic carbocycles. The summed E-state index contributed by atoms with van der Waals surface area (Å²) in [5.41, 5.74) is 0.315. The van der Waals surface area contributed by atoms with Gasteiger partial charge in [-0.15, -0.1) is 0 Å². The van der Waals surface area contributed by atoms with Crippen LogP contribution < -0.4 is 10.1 Å². The first kappa shape index (κ1) is 17.2. The molecule has 1 aromatic heterocycles. The lowest BCUT2D eigenvalue weighted by atomic mass is 10.2. The maximum absolute atomic E-state index is 12.0. The zero-order valence-corrected chi connectivity index (χ0v) is 14.0. The standard InChI is InChI=1S/C19H16N2O5/c1-13-11-17(21-26-13)20-18(22)12-24-19(23)14-7-9-16(10-8-14)25-15-5-3-2-4-6-15/h2-11H,12H2,1H3,(H,20,21,22). The van der Waals surface area contributed by atoms with E-state index in [1.165, 1.54) is 0 Å². The number of benzene rings is 2. The van der Waals surface area contributed by atoms with Crippen LogP contribution in [0.3, 0.4) is 0 Å². The second-order valence-electron chi connectivity index (χ2n) is 5.39. The summed E-state index contributed by atoms with van der Waals surface area (Å²) in [5, 5.41) is 6.09. The second kappa shape index (κ2) is 7.98. The van der Waals surface area contributed by atoms with Crippen molar-refractivity contribution in [3.05, 3.63) is 72.0 Å². The molecule has 0 aliphatic heterocycles. The van der Waals surface area contributed by atoms with E-state index in [0.717, 1.165) is 0 Å². The number of nitrogens with zero attached hydrogens (tertiary/aromatic N) is 1. The Labute approximate surface area is 149 Å². The van der Waals surface area contributed by atoms with Gasteiger partial charge in [-0.1, -0.05) is 23.4 Å². The van der Waals surface area contributed by atoms with E-state index in [-0.39, 0.29) is 5.82 Å². The number of carbonyl (C=O) groups excluding carboxylic acids is 2. The van der Waals surface area contributed by atoms with E-state index in [2.05, 4.69) is 10.5 Å². The van der Waals surface area contributed by atoms with Gasteiger partial charge in [0.25, 0.3) is 5.91 Å². The highest BCUT2D eigenvalue weighted by molar-refractivity contribution is 5.95. The Balaban J connectivity index is 1.50.